The highest BCUT2D eigenvalue weighted by atomic mass is 31.2. The molecule has 1 amide bonds. The number of aliphatic hydroxyl groups excluding tert-OH is 7. The maximum absolute atomic E-state index is 12.9. The molecule has 314 valence electrons. The van der Waals surface area contributed by atoms with Crippen LogP contribution in [0.5, 0.6) is 0 Å². The van der Waals surface area contributed by atoms with Crippen LogP contribution >= 0.6 is 7.82 Å². The molecule has 1 rings (SSSR count). The van der Waals surface area contributed by atoms with Crippen LogP contribution in [0.1, 0.15) is 168 Å². The predicted molar refractivity (Wildman–Crippen MR) is 206 cm³/mol. The number of phosphoric acid groups is 1. The summed E-state index contributed by atoms with van der Waals surface area (Å²) in [5.41, 5.74) is 0. The third-order valence-corrected chi connectivity index (χ3v) is 11.1. The monoisotopic (exact) mass is 782 g/mol. The highest BCUT2D eigenvalue weighted by molar-refractivity contribution is 7.47. The average Bonchev–Trinajstić information content (AvgIpc) is 3.12. The van der Waals surface area contributed by atoms with E-state index in [0.717, 1.165) is 57.8 Å². The molecule has 0 radical (unpaired) electrons. The van der Waals surface area contributed by atoms with Gasteiger partial charge in [-0.1, -0.05) is 154 Å². The number of unbranched alkanes of at least 4 members (excludes halogenated alkanes) is 20. The molecule has 0 aliphatic heterocycles. The van der Waals surface area contributed by atoms with Crippen molar-refractivity contribution in [2.24, 2.45) is 0 Å². The SMILES string of the molecule is CCCCCCC/C=C/C(O)C(COP(=O)(O)OC1C(O)C(O)C(O)C(O)C1O)NC(=O)CC(O)CCCCCCCCCCCCCCCCCC. The fraction of sp³-hybridized carbons (Fsp3) is 0.923. The molecule has 13 nitrogen and oxygen atoms in total. The maximum Gasteiger partial charge on any atom is 0.472 e. The van der Waals surface area contributed by atoms with Crippen molar-refractivity contribution in [1.82, 2.24) is 5.32 Å². The summed E-state index contributed by atoms with van der Waals surface area (Å²) < 4.78 is 22.7. The van der Waals surface area contributed by atoms with Gasteiger partial charge < -0.3 is 46.0 Å². The fourth-order valence-electron chi connectivity index (χ4n) is 6.65. The largest absolute Gasteiger partial charge is 0.472 e. The van der Waals surface area contributed by atoms with Crippen molar-refractivity contribution in [2.45, 2.75) is 223 Å². The minimum atomic E-state index is -5.12. The highest BCUT2D eigenvalue weighted by Crippen LogP contribution is 2.47. The molecule has 8 unspecified atom stereocenters. The Balaban J connectivity index is 2.50. The lowest BCUT2D eigenvalue weighted by Crippen LogP contribution is -2.64. The Hall–Kier alpha value is -0.960. The summed E-state index contributed by atoms with van der Waals surface area (Å²) in [5, 5.41) is 73.9. The third kappa shape index (κ3) is 23.0. The number of aliphatic hydroxyl groups is 7. The highest BCUT2D eigenvalue weighted by Gasteiger charge is 2.51. The Morgan fingerprint density at radius 1 is 0.660 bits per heavy atom. The van der Waals surface area contributed by atoms with Crippen LogP contribution in [0, 0.1) is 0 Å². The number of rotatable bonds is 33. The van der Waals surface area contributed by atoms with Gasteiger partial charge in [-0.25, -0.2) is 4.57 Å². The number of hydrogen-bond donors (Lipinski definition) is 9. The molecule has 0 bridgehead atoms. The van der Waals surface area contributed by atoms with E-state index in [9.17, 15) is 50.0 Å². The third-order valence-electron chi connectivity index (χ3n) is 10.1. The van der Waals surface area contributed by atoms with E-state index in [4.69, 9.17) is 9.05 Å². The molecule has 0 aromatic carbocycles. The van der Waals surface area contributed by atoms with Gasteiger partial charge in [0.2, 0.25) is 5.91 Å². The van der Waals surface area contributed by atoms with Crippen molar-refractivity contribution >= 4 is 13.7 Å². The molecule has 1 saturated carbocycles. The standard InChI is InChI=1S/C39H76NO12P/c1-3-5-7-9-11-12-13-14-15-16-17-18-19-21-22-24-26-30(41)28-33(43)40-31(32(42)27-25-23-20-10-8-6-4-2)29-51-53(49,50)52-39-37(47)35(45)34(44)36(46)38(39)48/h25,27,30-32,34-39,41-42,44-48H,3-24,26,28-29H2,1-2H3,(H,40,43)(H,49,50)/b27-25+. The van der Waals surface area contributed by atoms with Gasteiger partial charge in [-0.15, -0.1) is 0 Å². The second-order valence-electron chi connectivity index (χ2n) is 15.0. The lowest BCUT2D eigenvalue weighted by Gasteiger charge is -2.41. The van der Waals surface area contributed by atoms with Crippen molar-refractivity contribution in [3.05, 3.63) is 12.2 Å². The molecule has 8 atom stereocenters. The quantitative estimate of drug-likeness (QED) is 0.0230. The zero-order valence-electron chi connectivity index (χ0n) is 32.7. The zero-order chi connectivity index (χ0) is 39.5. The Kier molecular flexibility index (Phi) is 28.5. The predicted octanol–water partition coefficient (Wildman–Crippen LogP) is 5.47. The van der Waals surface area contributed by atoms with Gasteiger partial charge in [0.25, 0.3) is 0 Å². The Bertz CT molecular complexity index is 974. The van der Waals surface area contributed by atoms with Crippen molar-refractivity contribution in [3.8, 4) is 0 Å². The molecule has 1 fully saturated rings. The first-order valence-electron chi connectivity index (χ1n) is 20.7. The van der Waals surface area contributed by atoms with Gasteiger partial charge in [0.1, 0.15) is 36.6 Å². The summed E-state index contributed by atoms with van der Waals surface area (Å²) in [4.78, 5) is 23.2. The summed E-state index contributed by atoms with van der Waals surface area (Å²) in [6, 6.07) is -1.23. The number of allylic oxidation sites excluding steroid dienone is 1. The van der Waals surface area contributed by atoms with Gasteiger partial charge >= 0.3 is 7.82 Å². The van der Waals surface area contributed by atoms with Gasteiger partial charge in [0, 0.05) is 0 Å². The molecule has 0 spiro atoms. The van der Waals surface area contributed by atoms with E-state index < -0.39 is 75.2 Å². The number of nitrogens with one attached hydrogen (secondary N) is 1. The molecular weight excluding hydrogens is 705 g/mol. The van der Waals surface area contributed by atoms with E-state index in [1.165, 1.54) is 83.1 Å². The average molecular weight is 782 g/mol. The van der Waals surface area contributed by atoms with Gasteiger partial charge in [0.05, 0.1) is 31.3 Å². The molecule has 9 N–H and O–H groups in total. The number of phosphoric ester groups is 1. The Morgan fingerprint density at radius 3 is 1.55 bits per heavy atom. The molecule has 53 heavy (non-hydrogen) atoms. The van der Waals surface area contributed by atoms with Crippen molar-refractivity contribution in [3.63, 3.8) is 0 Å². The lowest BCUT2D eigenvalue weighted by molar-refractivity contribution is -0.220. The van der Waals surface area contributed by atoms with Crippen LogP contribution in [-0.4, -0.2) is 108 Å². The number of hydrogen-bond acceptors (Lipinski definition) is 11. The van der Waals surface area contributed by atoms with Crippen LogP contribution in [-0.2, 0) is 18.4 Å². The summed E-state index contributed by atoms with van der Waals surface area (Å²) in [6.07, 6.45) is 15.0. The van der Waals surface area contributed by atoms with Crippen LogP contribution < -0.4 is 5.32 Å². The lowest BCUT2D eigenvalue weighted by atomic mass is 9.85. The summed E-state index contributed by atoms with van der Waals surface area (Å²) in [7, 11) is -5.12. The minimum Gasteiger partial charge on any atom is -0.393 e. The van der Waals surface area contributed by atoms with Crippen LogP contribution in [0.25, 0.3) is 0 Å². The molecule has 0 saturated heterocycles. The van der Waals surface area contributed by atoms with E-state index in [-0.39, 0.29) is 6.42 Å². The molecule has 0 heterocycles. The normalized spacial score (nSPS) is 24.9. The maximum atomic E-state index is 12.9. The number of carbonyl (C=O) groups excluding carboxylic acids is 1. The number of amides is 1. The van der Waals surface area contributed by atoms with Gasteiger partial charge in [-0.3, -0.25) is 13.8 Å². The second-order valence-corrected chi connectivity index (χ2v) is 16.4. The van der Waals surface area contributed by atoms with Crippen LogP contribution in [0.15, 0.2) is 12.2 Å². The fourth-order valence-corrected chi connectivity index (χ4v) is 7.62. The molecule has 1 aliphatic carbocycles. The molecular formula is C39H76NO12P. The molecule has 14 heteroatoms. The van der Waals surface area contributed by atoms with Crippen molar-refractivity contribution in [2.75, 3.05) is 6.61 Å². The van der Waals surface area contributed by atoms with Gasteiger partial charge in [-0.05, 0) is 19.3 Å². The van der Waals surface area contributed by atoms with Crippen LogP contribution in [0.2, 0.25) is 0 Å². The first kappa shape index (κ1) is 50.1. The van der Waals surface area contributed by atoms with E-state index in [2.05, 4.69) is 19.2 Å². The second kappa shape index (κ2) is 30.2. The van der Waals surface area contributed by atoms with Crippen LogP contribution in [0.3, 0.4) is 0 Å². The van der Waals surface area contributed by atoms with E-state index in [1.54, 1.807) is 6.08 Å². The molecule has 1 aliphatic rings. The smallest absolute Gasteiger partial charge is 0.393 e. The number of carbonyl (C=O) groups is 1. The summed E-state index contributed by atoms with van der Waals surface area (Å²) in [6.45, 7) is 3.64. The van der Waals surface area contributed by atoms with Crippen molar-refractivity contribution < 1.29 is 59.0 Å². The van der Waals surface area contributed by atoms with Crippen LogP contribution in [0.4, 0.5) is 0 Å². The van der Waals surface area contributed by atoms with E-state index in [0.29, 0.717) is 12.8 Å². The summed E-state index contributed by atoms with van der Waals surface area (Å²) in [5.74, 6) is -0.596. The molecule has 0 aromatic heterocycles. The topological polar surface area (TPSA) is 226 Å². The summed E-state index contributed by atoms with van der Waals surface area (Å²) >= 11 is 0. The Morgan fingerprint density at radius 2 is 1.08 bits per heavy atom. The first-order chi connectivity index (χ1) is 25.3. The minimum absolute atomic E-state index is 0.241. The van der Waals surface area contributed by atoms with Crippen molar-refractivity contribution in [1.29, 1.82) is 0 Å². The van der Waals surface area contributed by atoms with E-state index >= 15 is 0 Å². The Labute approximate surface area is 319 Å². The van der Waals surface area contributed by atoms with E-state index in [1.807, 2.05) is 0 Å². The zero-order valence-corrected chi connectivity index (χ0v) is 33.6. The first-order valence-corrected chi connectivity index (χ1v) is 22.2. The molecule has 0 aromatic rings. The van der Waals surface area contributed by atoms with Gasteiger partial charge in [0.15, 0.2) is 0 Å². The van der Waals surface area contributed by atoms with Gasteiger partial charge in [-0.2, -0.15) is 0 Å².